The first-order valence-electron chi connectivity index (χ1n) is 12.9. The van der Waals surface area contributed by atoms with Gasteiger partial charge >= 0.3 is 6.03 Å². The van der Waals surface area contributed by atoms with Crippen molar-refractivity contribution in [3.63, 3.8) is 0 Å². The summed E-state index contributed by atoms with van der Waals surface area (Å²) in [6.45, 7) is 3.78. The van der Waals surface area contributed by atoms with Gasteiger partial charge in [-0.25, -0.2) is 18.3 Å². The van der Waals surface area contributed by atoms with Crippen molar-refractivity contribution in [3.05, 3.63) is 90.1 Å². The van der Waals surface area contributed by atoms with Crippen LogP contribution in [-0.2, 0) is 4.79 Å². The van der Waals surface area contributed by atoms with E-state index in [4.69, 9.17) is 9.84 Å². The number of urea groups is 1. The van der Waals surface area contributed by atoms with Gasteiger partial charge in [-0.2, -0.15) is 5.10 Å². The van der Waals surface area contributed by atoms with Crippen LogP contribution in [0.4, 0.5) is 25.1 Å². The lowest BCUT2D eigenvalue weighted by Gasteiger charge is -2.23. The summed E-state index contributed by atoms with van der Waals surface area (Å²) in [6.07, 6.45) is 1.41. The number of halogens is 2. The monoisotopic (exact) mass is 547 g/mol. The Morgan fingerprint density at radius 3 is 2.38 bits per heavy atom. The van der Waals surface area contributed by atoms with Crippen LogP contribution < -0.4 is 15.4 Å². The Balaban J connectivity index is 1.63. The molecule has 0 bridgehead atoms. The van der Waals surface area contributed by atoms with Crippen molar-refractivity contribution in [2.24, 2.45) is 0 Å². The average Bonchev–Trinajstić information content (AvgIpc) is 3.28. The first kappa shape index (κ1) is 28.3. The van der Waals surface area contributed by atoms with E-state index in [1.165, 1.54) is 4.90 Å². The van der Waals surface area contributed by atoms with E-state index in [1.54, 1.807) is 23.9 Å². The molecule has 2 N–H and O–H groups in total. The number of hydrogen-bond donors (Lipinski definition) is 2. The Labute approximate surface area is 231 Å². The highest BCUT2D eigenvalue weighted by Crippen LogP contribution is 2.33. The Bertz CT molecular complexity index is 1470. The predicted octanol–water partition coefficient (Wildman–Crippen LogP) is 6.41. The molecule has 0 aliphatic heterocycles. The van der Waals surface area contributed by atoms with Crippen molar-refractivity contribution < 1.29 is 23.1 Å². The molecule has 0 saturated carbocycles. The van der Waals surface area contributed by atoms with Crippen LogP contribution in [0.2, 0.25) is 0 Å². The molecule has 40 heavy (non-hydrogen) atoms. The van der Waals surface area contributed by atoms with Crippen LogP contribution in [0.25, 0.3) is 16.8 Å². The van der Waals surface area contributed by atoms with Gasteiger partial charge in [0.05, 0.1) is 24.2 Å². The second-order valence-corrected chi connectivity index (χ2v) is 9.16. The lowest BCUT2D eigenvalue weighted by atomic mass is 10.1. The minimum Gasteiger partial charge on any atom is -0.497 e. The average molecular weight is 548 g/mol. The molecule has 10 heteroatoms. The van der Waals surface area contributed by atoms with Crippen molar-refractivity contribution in [1.29, 1.82) is 0 Å². The Kier molecular flexibility index (Phi) is 9.11. The van der Waals surface area contributed by atoms with E-state index in [0.717, 1.165) is 29.7 Å². The molecule has 0 unspecified atom stereocenters. The van der Waals surface area contributed by atoms with Crippen molar-refractivity contribution >= 4 is 23.4 Å². The molecule has 0 aliphatic carbocycles. The number of hydrogen-bond acceptors (Lipinski definition) is 4. The number of benzene rings is 3. The van der Waals surface area contributed by atoms with E-state index in [9.17, 15) is 18.4 Å². The molecule has 0 fully saturated rings. The van der Waals surface area contributed by atoms with Crippen molar-refractivity contribution in [1.82, 2.24) is 14.7 Å². The van der Waals surface area contributed by atoms with Gasteiger partial charge in [-0.05, 0) is 55.3 Å². The fourth-order valence-electron chi connectivity index (χ4n) is 4.23. The van der Waals surface area contributed by atoms with Crippen molar-refractivity contribution in [3.8, 4) is 22.6 Å². The van der Waals surface area contributed by atoms with Crippen LogP contribution in [0.15, 0.2) is 72.8 Å². The number of rotatable bonds is 10. The summed E-state index contributed by atoms with van der Waals surface area (Å²) in [6, 6.07) is 19.0. The number of anilines is 2. The second kappa shape index (κ2) is 12.9. The summed E-state index contributed by atoms with van der Waals surface area (Å²) in [5.74, 6) is -0.996. The number of nitrogens with one attached hydrogen (secondary N) is 2. The van der Waals surface area contributed by atoms with Gasteiger partial charge in [0.25, 0.3) is 0 Å². The third-order valence-electron chi connectivity index (χ3n) is 6.27. The summed E-state index contributed by atoms with van der Waals surface area (Å²) in [5, 5.41) is 10.1. The fraction of sp³-hybridized carbons (Fsp3) is 0.233. The molecule has 4 aromatic rings. The van der Waals surface area contributed by atoms with Gasteiger partial charge < -0.3 is 20.3 Å². The summed E-state index contributed by atoms with van der Waals surface area (Å²) < 4.78 is 34.4. The first-order chi connectivity index (χ1) is 19.3. The number of unbranched alkanes of at least 4 members (excludes halogenated alkanes) is 1. The molecule has 1 heterocycles. The summed E-state index contributed by atoms with van der Waals surface area (Å²) in [5.41, 5.74) is 2.83. The number of aryl methyl sites for hydroxylation is 1. The third kappa shape index (κ3) is 6.63. The molecule has 0 atom stereocenters. The molecule has 0 spiro atoms. The molecule has 1 aromatic heterocycles. The highest BCUT2D eigenvalue weighted by molar-refractivity contribution is 5.99. The highest BCUT2D eigenvalue weighted by Gasteiger charge is 2.23. The molecule has 0 aliphatic rings. The topological polar surface area (TPSA) is 88.5 Å². The lowest BCUT2D eigenvalue weighted by Crippen LogP contribution is -2.41. The van der Waals surface area contributed by atoms with Gasteiger partial charge in [0, 0.05) is 18.2 Å². The number of aromatic nitrogens is 2. The zero-order valence-corrected chi connectivity index (χ0v) is 22.6. The number of carbonyl (C=O) groups excluding carboxylic acids is 2. The van der Waals surface area contributed by atoms with Crippen LogP contribution >= 0.6 is 0 Å². The highest BCUT2D eigenvalue weighted by atomic mass is 19.1. The van der Waals surface area contributed by atoms with Crippen LogP contribution in [0.5, 0.6) is 5.75 Å². The number of ether oxygens (including phenoxy) is 1. The Morgan fingerprint density at radius 1 is 1.00 bits per heavy atom. The summed E-state index contributed by atoms with van der Waals surface area (Å²) in [7, 11) is 1.58. The van der Waals surface area contributed by atoms with Gasteiger partial charge in [-0.1, -0.05) is 43.7 Å². The third-order valence-corrected chi connectivity index (χ3v) is 6.27. The molecular formula is C30H31F2N5O3. The van der Waals surface area contributed by atoms with E-state index in [1.807, 2.05) is 56.3 Å². The lowest BCUT2D eigenvalue weighted by molar-refractivity contribution is -0.116. The number of carbonyl (C=O) groups is 2. The SMILES string of the molecule is CCCCN(CC(=O)Nc1c(-c2ccccc2)c(C)nn1-c1ccc(OC)cc1)C(=O)Nc1ccc(F)cc1F. The Hall–Kier alpha value is -4.73. The summed E-state index contributed by atoms with van der Waals surface area (Å²) in [4.78, 5) is 27.7. The minimum absolute atomic E-state index is 0.173. The van der Waals surface area contributed by atoms with Gasteiger partial charge in [0.15, 0.2) is 0 Å². The second-order valence-electron chi connectivity index (χ2n) is 9.16. The van der Waals surface area contributed by atoms with E-state index in [0.29, 0.717) is 35.4 Å². The number of amides is 3. The molecule has 4 rings (SSSR count). The normalized spacial score (nSPS) is 10.7. The first-order valence-corrected chi connectivity index (χ1v) is 12.9. The van der Waals surface area contributed by atoms with Crippen molar-refractivity contribution in [2.75, 3.05) is 30.8 Å². The van der Waals surface area contributed by atoms with E-state index in [2.05, 4.69) is 10.6 Å². The van der Waals surface area contributed by atoms with Gasteiger partial charge in [0.2, 0.25) is 5.91 Å². The molecule has 3 aromatic carbocycles. The smallest absolute Gasteiger partial charge is 0.322 e. The number of methoxy groups -OCH3 is 1. The van der Waals surface area contributed by atoms with E-state index >= 15 is 0 Å². The number of nitrogens with zero attached hydrogens (tertiary/aromatic N) is 3. The zero-order chi connectivity index (χ0) is 28.6. The van der Waals surface area contributed by atoms with Gasteiger partial charge in [-0.3, -0.25) is 4.79 Å². The molecule has 208 valence electrons. The van der Waals surface area contributed by atoms with E-state index < -0.39 is 23.6 Å². The van der Waals surface area contributed by atoms with E-state index in [-0.39, 0.29) is 18.8 Å². The molecule has 3 amide bonds. The maximum atomic E-state index is 14.2. The zero-order valence-electron chi connectivity index (χ0n) is 22.6. The maximum absolute atomic E-state index is 14.2. The fourth-order valence-corrected chi connectivity index (χ4v) is 4.23. The molecule has 0 radical (unpaired) electrons. The predicted molar refractivity (Wildman–Crippen MR) is 151 cm³/mol. The maximum Gasteiger partial charge on any atom is 0.322 e. The molecular weight excluding hydrogens is 516 g/mol. The minimum atomic E-state index is -0.903. The standard InChI is InChI=1S/C30H31F2N5O3/c1-4-5-17-36(30(39)33-26-16-11-22(31)18-25(26)32)19-27(38)34-29-28(21-9-7-6-8-10-21)20(2)35-37(29)23-12-14-24(40-3)15-13-23/h6-16,18H,4-5,17,19H2,1-3H3,(H,33,39)(H,34,38). The molecule has 0 saturated heterocycles. The van der Waals surface area contributed by atoms with Gasteiger partial charge in [-0.15, -0.1) is 0 Å². The van der Waals surface area contributed by atoms with Gasteiger partial charge in [0.1, 0.15) is 29.7 Å². The largest absolute Gasteiger partial charge is 0.497 e. The van der Waals surface area contributed by atoms with Crippen LogP contribution in [0.1, 0.15) is 25.5 Å². The Morgan fingerprint density at radius 2 is 1.73 bits per heavy atom. The van der Waals surface area contributed by atoms with Crippen molar-refractivity contribution in [2.45, 2.75) is 26.7 Å². The van der Waals surface area contributed by atoms with Crippen LogP contribution in [0, 0.1) is 18.6 Å². The molecule has 8 nitrogen and oxygen atoms in total. The quantitative estimate of drug-likeness (QED) is 0.240. The van der Waals surface area contributed by atoms with Crippen LogP contribution in [-0.4, -0.2) is 46.8 Å². The van der Waals surface area contributed by atoms with Crippen LogP contribution in [0.3, 0.4) is 0 Å². The summed E-state index contributed by atoms with van der Waals surface area (Å²) >= 11 is 0.